The normalized spacial score (nSPS) is 30.3. The Hall–Kier alpha value is -0.180. The van der Waals surface area contributed by atoms with E-state index < -0.39 is 0 Å². The number of rotatable bonds is 1. The molecule has 0 saturated heterocycles. The van der Waals surface area contributed by atoms with Crippen molar-refractivity contribution in [1.82, 2.24) is 0 Å². The van der Waals surface area contributed by atoms with Gasteiger partial charge in [0, 0.05) is 0 Å². The van der Waals surface area contributed by atoms with Gasteiger partial charge >= 0.3 is 0 Å². The highest BCUT2D eigenvalue weighted by molar-refractivity contribution is 7.99. The van der Waals surface area contributed by atoms with Crippen molar-refractivity contribution in [2.45, 2.75) is 24.7 Å². The lowest BCUT2D eigenvalue weighted by Gasteiger charge is -2.20. The summed E-state index contributed by atoms with van der Waals surface area (Å²) >= 11 is 1.77. The van der Waals surface area contributed by atoms with Gasteiger partial charge in [0.05, 0.1) is 11.5 Å². The van der Waals surface area contributed by atoms with Crippen LogP contribution >= 0.6 is 11.8 Å². The van der Waals surface area contributed by atoms with Crippen LogP contribution in [0.2, 0.25) is 0 Å². The molecule has 1 aliphatic heterocycles. The average molecular weight is 145 g/mol. The predicted octanol–water partition coefficient (Wildman–Crippen LogP) is 1.51. The van der Waals surface area contributed by atoms with Gasteiger partial charge in [-0.05, 0) is 20.1 Å². The summed E-state index contributed by atoms with van der Waals surface area (Å²) in [6, 6.07) is 0. The van der Waals surface area contributed by atoms with E-state index in [9.17, 15) is 0 Å². The summed E-state index contributed by atoms with van der Waals surface area (Å²) in [7, 11) is 0. The van der Waals surface area contributed by atoms with Gasteiger partial charge in [0.1, 0.15) is 5.60 Å². The van der Waals surface area contributed by atoms with E-state index in [0.717, 1.165) is 0 Å². The molecular weight excluding hydrogens is 134 g/mol. The molecule has 0 spiro atoms. The van der Waals surface area contributed by atoms with Crippen molar-refractivity contribution in [1.29, 1.82) is 0 Å². The highest BCUT2D eigenvalue weighted by atomic mass is 32.2. The van der Waals surface area contributed by atoms with Crippen LogP contribution in [0.25, 0.3) is 0 Å². The second-order valence-electron chi connectivity index (χ2n) is 2.61. The van der Waals surface area contributed by atoms with Gasteiger partial charge in [-0.1, -0.05) is 5.16 Å². The van der Waals surface area contributed by atoms with Crippen molar-refractivity contribution in [3.63, 3.8) is 0 Å². The standard InChI is InChI=1S/C6H11NOS/c1-6(2)5(9-3)4-7-8-6/h4-5H,1-3H3. The number of hydrogen-bond donors (Lipinski definition) is 0. The first-order valence-electron chi connectivity index (χ1n) is 2.91. The maximum Gasteiger partial charge on any atom is 0.149 e. The van der Waals surface area contributed by atoms with Crippen molar-refractivity contribution in [2.24, 2.45) is 5.16 Å². The van der Waals surface area contributed by atoms with Gasteiger partial charge in [0.25, 0.3) is 0 Å². The van der Waals surface area contributed by atoms with Crippen LogP contribution in [0.1, 0.15) is 13.8 Å². The molecular formula is C6H11NOS. The monoisotopic (exact) mass is 145 g/mol. The Morgan fingerprint density at radius 3 is 2.56 bits per heavy atom. The second-order valence-corrected chi connectivity index (χ2v) is 3.58. The summed E-state index contributed by atoms with van der Waals surface area (Å²) in [5, 5.41) is 4.16. The van der Waals surface area contributed by atoms with E-state index in [1.54, 1.807) is 11.8 Å². The van der Waals surface area contributed by atoms with Gasteiger partial charge in [-0.3, -0.25) is 0 Å². The molecule has 0 aliphatic carbocycles. The Labute approximate surface area is 59.6 Å². The van der Waals surface area contributed by atoms with Crippen LogP contribution in [-0.4, -0.2) is 23.3 Å². The molecule has 9 heavy (non-hydrogen) atoms. The summed E-state index contributed by atoms with van der Waals surface area (Å²) in [5.41, 5.74) is -0.0978. The van der Waals surface area contributed by atoms with Gasteiger partial charge in [-0.25, -0.2) is 0 Å². The Morgan fingerprint density at radius 2 is 2.33 bits per heavy atom. The van der Waals surface area contributed by atoms with Gasteiger partial charge < -0.3 is 4.84 Å². The lowest BCUT2D eigenvalue weighted by atomic mass is 10.1. The topological polar surface area (TPSA) is 21.6 Å². The molecule has 0 radical (unpaired) electrons. The fourth-order valence-corrected chi connectivity index (χ4v) is 1.58. The molecule has 0 aromatic carbocycles. The van der Waals surface area contributed by atoms with Crippen LogP contribution in [0.5, 0.6) is 0 Å². The quantitative estimate of drug-likeness (QED) is 0.558. The van der Waals surface area contributed by atoms with Crippen LogP contribution in [-0.2, 0) is 4.84 Å². The molecule has 0 fully saturated rings. The van der Waals surface area contributed by atoms with Crippen LogP contribution in [0.4, 0.5) is 0 Å². The summed E-state index contributed by atoms with van der Waals surface area (Å²) in [6.45, 7) is 4.09. The zero-order chi connectivity index (χ0) is 6.91. The second kappa shape index (κ2) is 2.21. The molecule has 1 heterocycles. The van der Waals surface area contributed by atoms with E-state index >= 15 is 0 Å². The van der Waals surface area contributed by atoms with E-state index in [1.807, 2.05) is 20.1 Å². The van der Waals surface area contributed by atoms with E-state index in [-0.39, 0.29) is 5.60 Å². The number of nitrogens with zero attached hydrogens (tertiary/aromatic N) is 1. The maximum absolute atomic E-state index is 5.09. The van der Waals surface area contributed by atoms with E-state index in [2.05, 4.69) is 11.4 Å². The van der Waals surface area contributed by atoms with Gasteiger partial charge in [0.15, 0.2) is 0 Å². The van der Waals surface area contributed by atoms with Crippen LogP contribution in [0.15, 0.2) is 5.16 Å². The van der Waals surface area contributed by atoms with Crippen LogP contribution < -0.4 is 0 Å². The molecule has 0 aromatic rings. The lowest BCUT2D eigenvalue weighted by molar-refractivity contribution is 0.0155. The lowest BCUT2D eigenvalue weighted by Crippen LogP contribution is -2.31. The van der Waals surface area contributed by atoms with Crippen molar-refractivity contribution < 1.29 is 4.84 Å². The minimum atomic E-state index is -0.0978. The maximum atomic E-state index is 5.09. The number of thioether (sulfide) groups is 1. The Kier molecular flexibility index (Phi) is 1.70. The fourth-order valence-electron chi connectivity index (χ4n) is 0.798. The van der Waals surface area contributed by atoms with Crippen molar-refractivity contribution in [3.8, 4) is 0 Å². The smallest absolute Gasteiger partial charge is 0.149 e. The van der Waals surface area contributed by atoms with E-state index in [0.29, 0.717) is 5.25 Å². The van der Waals surface area contributed by atoms with E-state index in [1.165, 1.54) is 0 Å². The molecule has 0 N–H and O–H groups in total. The molecule has 2 nitrogen and oxygen atoms in total. The molecule has 1 rings (SSSR count). The third-order valence-electron chi connectivity index (χ3n) is 1.42. The zero-order valence-corrected chi connectivity index (χ0v) is 6.73. The predicted molar refractivity (Wildman–Crippen MR) is 41.0 cm³/mol. The molecule has 0 saturated carbocycles. The molecule has 1 aliphatic rings. The number of oxime groups is 1. The Balaban J connectivity index is 2.60. The van der Waals surface area contributed by atoms with Gasteiger partial charge in [-0.15, -0.1) is 0 Å². The summed E-state index contributed by atoms with van der Waals surface area (Å²) in [5.74, 6) is 0. The molecule has 52 valence electrons. The Morgan fingerprint density at radius 1 is 1.67 bits per heavy atom. The molecule has 3 heteroatoms. The zero-order valence-electron chi connectivity index (χ0n) is 5.92. The minimum absolute atomic E-state index is 0.0978. The molecule has 1 atom stereocenters. The SMILES string of the molecule is CSC1C=NOC1(C)C. The summed E-state index contributed by atoms with van der Waals surface area (Å²) < 4.78 is 0. The average Bonchev–Trinajstić information content (AvgIpc) is 2.08. The molecule has 0 amide bonds. The first-order chi connectivity index (χ1) is 4.17. The summed E-state index contributed by atoms with van der Waals surface area (Å²) in [4.78, 5) is 5.09. The largest absolute Gasteiger partial charge is 0.389 e. The van der Waals surface area contributed by atoms with Gasteiger partial charge in [0.2, 0.25) is 0 Å². The highest BCUT2D eigenvalue weighted by Crippen LogP contribution is 2.27. The van der Waals surface area contributed by atoms with Gasteiger partial charge in [-0.2, -0.15) is 11.8 Å². The first kappa shape index (κ1) is 6.93. The van der Waals surface area contributed by atoms with Crippen molar-refractivity contribution in [2.75, 3.05) is 6.26 Å². The number of hydrogen-bond acceptors (Lipinski definition) is 3. The highest BCUT2D eigenvalue weighted by Gasteiger charge is 2.33. The minimum Gasteiger partial charge on any atom is -0.389 e. The first-order valence-corrected chi connectivity index (χ1v) is 4.20. The molecule has 0 bridgehead atoms. The van der Waals surface area contributed by atoms with Crippen molar-refractivity contribution in [3.05, 3.63) is 0 Å². The van der Waals surface area contributed by atoms with Crippen molar-refractivity contribution >= 4 is 18.0 Å². The third kappa shape index (κ3) is 1.21. The molecule has 0 aromatic heterocycles. The third-order valence-corrected chi connectivity index (χ3v) is 2.62. The Bertz CT molecular complexity index is 133. The van der Waals surface area contributed by atoms with Crippen LogP contribution in [0, 0.1) is 0 Å². The summed E-state index contributed by atoms with van der Waals surface area (Å²) in [6.07, 6.45) is 3.91. The fraction of sp³-hybridized carbons (Fsp3) is 0.833. The van der Waals surface area contributed by atoms with Crippen LogP contribution in [0.3, 0.4) is 0 Å². The van der Waals surface area contributed by atoms with E-state index in [4.69, 9.17) is 4.84 Å². The molecule has 1 unspecified atom stereocenters.